The summed E-state index contributed by atoms with van der Waals surface area (Å²) >= 11 is 3.41. The van der Waals surface area contributed by atoms with Crippen LogP contribution in [0.2, 0.25) is 0 Å². The van der Waals surface area contributed by atoms with Crippen LogP contribution in [0.25, 0.3) is 0 Å². The molecule has 1 atom stereocenters. The molecule has 0 saturated heterocycles. The van der Waals surface area contributed by atoms with Crippen molar-refractivity contribution in [2.45, 2.75) is 51.1 Å². The third-order valence-electron chi connectivity index (χ3n) is 6.42. The summed E-state index contributed by atoms with van der Waals surface area (Å²) < 4.78 is 29.7. The number of hydrogen-bond donors (Lipinski definition) is 1. The van der Waals surface area contributed by atoms with Crippen molar-refractivity contribution in [2.75, 3.05) is 17.9 Å². The minimum atomic E-state index is -4.08. The van der Waals surface area contributed by atoms with E-state index in [0.717, 1.165) is 25.5 Å². The van der Waals surface area contributed by atoms with Gasteiger partial charge in [-0.1, -0.05) is 71.7 Å². The Hall–Kier alpha value is -3.17. The maximum absolute atomic E-state index is 13.8. The van der Waals surface area contributed by atoms with E-state index in [4.69, 9.17) is 0 Å². The number of sulfonamides is 1. The summed E-state index contributed by atoms with van der Waals surface area (Å²) in [6.45, 7) is 7.30. The van der Waals surface area contributed by atoms with Crippen molar-refractivity contribution in [1.82, 2.24) is 10.2 Å². The van der Waals surface area contributed by atoms with Crippen LogP contribution in [0.15, 0.2) is 82.2 Å². The molecule has 7 nitrogen and oxygen atoms in total. The summed E-state index contributed by atoms with van der Waals surface area (Å²) in [6.07, 6.45) is 0. The van der Waals surface area contributed by atoms with Gasteiger partial charge in [-0.3, -0.25) is 13.9 Å². The smallest absolute Gasteiger partial charge is 0.264 e. The van der Waals surface area contributed by atoms with Gasteiger partial charge in [-0.15, -0.1) is 0 Å². The van der Waals surface area contributed by atoms with E-state index in [1.165, 1.54) is 24.1 Å². The lowest BCUT2D eigenvalue weighted by atomic mass is 10.0. The van der Waals surface area contributed by atoms with Gasteiger partial charge in [0.15, 0.2) is 0 Å². The van der Waals surface area contributed by atoms with Crippen molar-refractivity contribution in [2.24, 2.45) is 0 Å². The molecule has 1 N–H and O–H groups in total. The maximum Gasteiger partial charge on any atom is 0.264 e. The number of hydrogen-bond acceptors (Lipinski definition) is 4. The highest BCUT2D eigenvalue weighted by molar-refractivity contribution is 9.10. The Morgan fingerprint density at radius 3 is 2.00 bits per heavy atom. The molecule has 0 bridgehead atoms. The van der Waals surface area contributed by atoms with E-state index in [2.05, 4.69) is 35.1 Å². The van der Waals surface area contributed by atoms with Gasteiger partial charge in [-0.05, 0) is 67.3 Å². The number of carbonyl (C=O) groups excluding carboxylic acids is 2. The lowest BCUT2D eigenvalue weighted by Crippen LogP contribution is -2.50. The SMILES string of the molecule is CNC(=O)[C@@H](C)N(Cc1ccc(Br)cc1)C(=O)CN(c1ccc(C(C)C)cc1)S(=O)(=O)c1ccc(C)cc1. The number of nitrogens with zero attached hydrogens (tertiary/aromatic N) is 2. The summed E-state index contributed by atoms with van der Waals surface area (Å²) in [4.78, 5) is 27.9. The highest BCUT2D eigenvalue weighted by atomic mass is 79.9. The molecule has 3 aromatic rings. The second kappa shape index (κ2) is 12.6. The first-order chi connectivity index (χ1) is 17.9. The Labute approximate surface area is 234 Å². The molecule has 0 saturated carbocycles. The first-order valence-electron chi connectivity index (χ1n) is 12.4. The van der Waals surface area contributed by atoms with Gasteiger partial charge in [0.2, 0.25) is 11.8 Å². The van der Waals surface area contributed by atoms with Crippen molar-refractivity contribution in [3.8, 4) is 0 Å². The number of rotatable bonds is 10. The third-order valence-corrected chi connectivity index (χ3v) is 8.73. The van der Waals surface area contributed by atoms with Crippen LogP contribution in [0.1, 0.15) is 43.4 Å². The average Bonchev–Trinajstić information content (AvgIpc) is 2.90. The van der Waals surface area contributed by atoms with Gasteiger partial charge in [-0.2, -0.15) is 0 Å². The average molecular weight is 601 g/mol. The molecule has 0 aliphatic rings. The molecule has 38 heavy (non-hydrogen) atoms. The van der Waals surface area contributed by atoms with Gasteiger partial charge in [0.1, 0.15) is 12.6 Å². The fraction of sp³-hybridized carbons (Fsp3) is 0.310. The number of likely N-dealkylation sites (N-methyl/N-ethyl adjacent to an activating group) is 1. The number of anilines is 1. The van der Waals surface area contributed by atoms with E-state index in [1.54, 1.807) is 31.2 Å². The van der Waals surface area contributed by atoms with Gasteiger partial charge < -0.3 is 10.2 Å². The van der Waals surface area contributed by atoms with E-state index in [1.807, 2.05) is 43.3 Å². The quantitative estimate of drug-likeness (QED) is 0.345. The molecule has 0 unspecified atom stereocenters. The lowest BCUT2D eigenvalue weighted by Gasteiger charge is -2.32. The molecule has 3 aromatic carbocycles. The molecule has 2 amide bonds. The Morgan fingerprint density at radius 1 is 0.895 bits per heavy atom. The van der Waals surface area contributed by atoms with E-state index in [9.17, 15) is 18.0 Å². The van der Waals surface area contributed by atoms with Crippen molar-refractivity contribution in [3.63, 3.8) is 0 Å². The normalized spacial score (nSPS) is 12.2. The molecule has 202 valence electrons. The number of aryl methyl sites for hydroxylation is 1. The highest BCUT2D eigenvalue weighted by Crippen LogP contribution is 2.27. The van der Waals surface area contributed by atoms with Crippen LogP contribution in [0.3, 0.4) is 0 Å². The topological polar surface area (TPSA) is 86.8 Å². The highest BCUT2D eigenvalue weighted by Gasteiger charge is 2.32. The Kier molecular flexibility index (Phi) is 9.73. The van der Waals surface area contributed by atoms with Gasteiger partial charge in [0.05, 0.1) is 10.6 Å². The zero-order valence-electron chi connectivity index (χ0n) is 22.3. The molecule has 0 aliphatic heterocycles. The van der Waals surface area contributed by atoms with Gasteiger partial charge in [-0.25, -0.2) is 8.42 Å². The maximum atomic E-state index is 13.8. The van der Waals surface area contributed by atoms with Crippen LogP contribution in [-0.2, 0) is 26.2 Å². The van der Waals surface area contributed by atoms with Crippen molar-refractivity contribution in [3.05, 3.63) is 94.0 Å². The van der Waals surface area contributed by atoms with Crippen LogP contribution in [-0.4, -0.2) is 44.8 Å². The van der Waals surface area contributed by atoms with E-state index in [0.29, 0.717) is 5.69 Å². The monoisotopic (exact) mass is 599 g/mol. The first-order valence-corrected chi connectivity index (χ1v) is 14.6. The fourth-order valence-corrected chi connectivity index (χ4v) is 5.65. The van der Waals surface area contributed by atoms with E-state index >= 15 is 0 Å². The first kappa shape index (κ1) is 29.4. The minimum Gasteiger partial charge on any atom is -0.357 e. The number of benzene rings is 3. The number of halogens is 1. The molecule has 0 fully saturated rings. The van der Waals surface area contributed by atoms with Gasteiger partial charge in [0, 0.05) is 18.1 Å². The predicted octanol–water partition coefficient (Wildman–Crippen LogP) is 5.24. The summed E-state index contributed by atoms with van der Waals surface area (Å²) in [5.74, 6) is -0.569. The van der Waals surface area contributed by atoms with Crippen LogP contribution in [0.4, 0.5) is 5.69 Å². The number of carbonyl (C=O) groups is 2. The second-order valence-electron chi connectivity index (χ2n) is 9.51. The zero-order chi connectivity index (χ0) is 28.0. The van der Waals surface area contributed by atoms with Crippen molar-refractivity contribution in [1.29, 1.82) is 0 Å². The number of amides is 2. The zero-order valence-corrected chi connectivity index (χ0v) is 24.7. The molecule has 0 aromatic heterocycles. The molecule has 0 aliphatic carbocycles. The minimum absolute atomic E-state index is 0.0858. The largest absolute Gasteiger partial charge is 0.357 e. The van der Waals surface area contributed by atoms with Crippen LogP contribution in [0, 0.1) is 6.92 Å². The number of nitrogens with one attached hydrogen (secondary N) is 1. The van der Waals surface area contributed by atoms with Gasteiger partial charge >= 0.3 is 0 Å². The van der Waals surface area contributed by atoms with Crippen LogP contribution in [0.5, 0.6) is 0 Å². The Morgan fingerprint density at radius 2 is 1.47 bits per heavy atom. The fourth-order valence-electron chi connectivity index (χ4n) is 3.97. The van der Waals surface area contributed by atoms with Crippen molar-refractivity contribution >= 4 is 43.5 Å². The van der Waals surface area contributed by atoms with Crippen LogP contribution < -0.4 is 9.62 Å². The molecule has 0 heterocycles. The summed E-state index contributed by atoms with van der Waals surface area (Å²) in [5.41, 5.74) is 3.16. The summed E-state index contributed by atoms with van der Waals surface area (Å²) in [7, 11) is -2.58. The van der Waals surface area contributed by atoms with Gasteiger partial charge in [0.25, 0.3) is 10.0 Å². The molecular formula is C29H34BrN3O4S. The van der Waals surface area contributed by atoms with E-state index < -0.39 is 28.5 Å². The lowest BCUT2D eigenvalue weighted by molar-refractivity contribution is -0.139. The van der Waals surface area contributed by atoms with Crippen molar-refractivity contribution < 1.29 is 18.0 Å². The standard InChI is InChI=1S/C29H34BrN3O4S/c1-20(2)24-10-14-26(15-11-24)33(38(36,37)27-16-6-21(3)7-17-27)19-28(34)32(22(4)29(35)31-5)18-23-8-12-25(30)13-9-23/h6-17,20,22H,18-19H2,1-5H3,(H,31,35)/t22-/m1/s1. The Bertz CT molecular complexity index is 1360. The summed E-state index contributed by atoms with van der Waals surface area (Å²) in [6, 6.07) is 20.3. The Balaban J connectivity index is 2.03. The molecule has 0 radical (unpaired) electrons. The van der Waals surface area contributed by atoms with E-state index in [-0.39, 0.29) is 23.3 Å². The molecule has 0 spiro atoms. The molecule has 9 heteroatoms. The third kappa shape index (κ3) is 7.02. The molecular weight excluding hydrogens is 566 g/mol. The van der Waals surface area contributed by atoms with Crippen LogP contribution >= 0.6 is 15.9 Å². The molecule has 3 rings (SSSR count). The predicted molar refractivity (Wildman–Crippen MR) is 154 cm³/mol. The second-order valence-corrected chi connectivity index (χ2v) is 12.3. The summed E-state index contributed by atoms with van der Waals surface area (Å²) in [5, 5.41) is 2.59.